The maximum absolute atomic E-state index is 12.6. The van der Waals surface area contributed by atoms with E-state index >= 15 is 0 Å². The van der Waals surface area contributed by atoms with Gasteiger partial charge in [-0.15, -0.1) is 0 Å². The highest BCUT2D eigenvalue weighted by Gasteiger charge is 2.30. The van der Waals surface area contributed by atoms with Crippen molar-refractivity contribution < 1.29 is 18.0 Å². The van der Waals surface area contributed by atoms with Crippen LogP contribution in [0.15, 0.2) is 47.6 Å². The van der Waals surface area contributed by atoms with Crippen molar-refractivity contribution in [1.82, 2.24) is 5.43 Å². The molecule has 8 heteroatoms. The minimum absolute atomic E-state index is 0.227. The summed E-state index contributed by atoms with van der Waals surface area (Å²) in [6.45, 7) is 0. The van der Waals surface area contributed by atoms with E-state index in [1.165, 1.54) is 24.4 Å². The largest absolute Gasteiger partial charge is 0.416 e. The smallest absolute Gasteiger partial charge is 0.273 e. The Kier molecular flexibility index (Phi) is 5.85. The van der Waals surface area contributed by atoms with E-state index in [4.69, 9.17) is 23.2 Å². The van der Waals surface area contributed by atoms with Crippen molar-refractivity contribution in [1.29, 1.82) is 0 Å². The molecule has 2 rings (SSSR count). The SMILES string of the molecule is O=C(Cc1cccc(C(F)(F)F)c1)N/N=C\c1ccc(Cl)cc1Cl. The highest BCUT2D eigenvalue weighted by atomic mass is 35.5. The van der Waals surface area contributed by atoms with Crippen molar-refractivity contribution in [2.45, 2.75) is 12.6 Å². The maximum atomic E-state index is 12.6. The molecule has 2 aromatic carbocycles. The lowest BCUT2D eigenvalue weighted by Gasteiger charge is -2.08. The van der Waals surface area contributed by atoms with Crippen molar-refractivity contribution in [2.24, 2.45) is 5.10 Å². The zero-order chi connectivity index (χ0) is 17.7. The van der Waals surface area contributed by atoms with Gasteiger partial charge >= 0.3 is 6.18 Å². The average Bonchev–Trinajstić information content (AvgIpc) is 2.49. The minimum atomic E-state index is -4.45. The second kappa shape index (κ2) is 7.68. The molecule has 3 nitrogen and oxygen atoms in total. The number of carbonyl (C=O) groups is 1. The number of nitrogens with zero attached hydrogens (tertiary/aromatic N) is 1. The summed E-state index contributed by atoms with van der Waals surface area (Å²) in [6.07, 6.45) is -3.35. The Morgan fingerprint density at radius 3 is 2.58 bits per heavy atom. The van der Waals surface area contributed by atoms with Crippen LogP contribution in [0.2, 0.25) is 10.0 Å². The number of halogens is 5. The summed E-state index contributed by atoms with van der Waals surface area (Å²) < 4.78 is 37.8. The number of hydrogen-bond acceptors (Lipinski definition) is 2. The molecular formula is C16H11Cl2F3N2O. The third-order valence-corrected chi connectivity index (χ3v) is 3.54. The molecular weight excluding hydrogens is 364 g/mol. The third-order valence-electron chi connectivity index (χ3n) is 2.97. The number of carbonyl (C=O) groups excluding carboxylic acids is 1. The summed E-state index contributed by atoms with van der Waals surface area (Å²) in [5.74, 6) is -0.546. The average molecular weight is 375 g/mol. The Morgan fingerprint density at radius 1 is 1.17 bits per heavy atom. The fraction of sp³-hybridized carbons (Fsp3) is 0.125. The number of benzene rings is 2. The maximum Gasteiger partial charge on any atom is 0.416 e. The molecule has 0 aliphatic carbocycles. The third kappa shape index (κ3) is 5.25. The van der Waals surface area contributed by atoms with Gasteiger partial charge in [0.1, 0.15) is 0 Å². The summed E-state index contributed by atoms with van der Waals surface area (Å²) in [4.78, 5) is 11.7. The van der Waals surface area contributed by atoms with E-state index in [1.807, 2.05) is 0 Å². The lowest BCUT2D eigenvalue weighted by Crippen LogP contribution is -2.20. The van der Waals surface area contributed by atoms with Crippen molar-refractivity contribution in [3.8, 4) is 0 Å². The van der Waals surface area contributed by atoms with Gasteiger partial charge in [-0.05, 0) is 23.8 Å². The molecule has 0 radical (unpaired) electrons. The quantitative estimate of drug-likeness (QED) is 0.611. The van der Waals surface area contributed by atoms with Gasteiger partial charge in [0.05, 0.1) is 23.2 Å². The van der Waals surface area contributed by atoms with Gasteiger partial charge in [0.25, 0.3) is 0 Å². The number of amides is 1. The normalized spacial score (nSPS) is 11.7. The number of hydrazone groups is 1. The molecule has 0 atom stereocenters. The minimum Gasteiger partial charge on any atom is -0.273 e. The zero-order valence-corrected chi connectivity index (χ0v) is 13.6. The van der Waals surface area contributed by atoms with Crippen molar-refractivity contribution in [2.75, 3.05) is 0 Å². The lowest BCUT2D eigenvalue weighted by atomic mass is 10.1. The predicted molar refractivity (Wildman–Crippen MR) is 87.3 cm³/mol. The number of nitrogens with one attached hydrogen (secondary N) is 1. The van der Waals surface area contributed by atoms with E-state index in [-0.39, 0.29) is 12.0 Å². The predicted octanol–water partition coefficient (Wildman–Crippen LogP) is 4.71. The van der Waals surface area contributed by atoms with Crippen LogP contribution in [0.5, 0.6) is 0 Å². The van der Waals surface area contributed by atoms with E-state index in [0.717, 1.165) is 12.1 Å². The standard InChI is InChI=1S/C16H11Cl2F3N2O/c17-13-5-4-11(14(18)8-13)9-22-23-15(24)7-10-2-1-3-12(6-10)16(19,20)21/h1-6,8-9H,7H2,(H,23,24)/b22-9-. The van der Waals surface area contributed by atoms with E-state index in [1.54, 1.807) is 12.1 Å². The van der Waals surface area contributed by atoms with Crippen LogP contribution in [-0.2, 0) is 17.4 Å². The van der Waals surface area contributed by atoms with Crippen molar-refractivity contribution in [3.05, 3.63) is 69.2 Å². The van der Waals surface area contributed by atoms with E-state index in [9.17, 15) is 18.0 Å². The van der Waals surface area contributed by atoms with Crippen LogP contribution in [0.25, 0.3) is 0 Å². The summed E-state index contributed by atoms with van der Waals surface area (Å²) in [5.41, 5.74) is 2.22. The van der Waals surface area contributed by atoms with E-state index < -0.39 is 17.6 Å². The molecule has 0 fully saturated rings. The molecule has 0 saturated heterocycles. The fourth-order valence-electron chi connectivity index (χ4n) is 1.86. The van der Waals surface area contributed by atoms with Crippen LogP contribution < -0.4 is 5.43 Å². The Balaban J connectivity index is 1.97. The van der Waals surface area contributed by atoms with Gasteiger partial charge in [-0.3, -0.25) is 4.79 Å². The molecule has 0 saturated carbocycles. The lowest BCUT2D eigenvalue weighted by molar-refractivity contribution is -0.137. The molecule has 0 spiro atoms. The summed E-state index contributed by atoms with van der Waals surface area (Å²) >= 11 is 11.7. The van der Waals surface area contributed by atoms with Gasteiger partial charge in [0.15, 0.2) is 0 Å². The first kappa shape index (κ1) is 18.3. The summed E-state index contributed by atoms with van der Waals surface area (Å²) in [5, 5.41) is 4.55. The van der Waals surface area contributed by atoms with Gasteiger partial charge in [0, 0.05) is 10.6 Å². The number of rotatable bonds is 4. The van der Waals surface area contributed by atoms with Crippen LogP contribution in [-0.4, -0.2) is 12.1 Å². The molecule has 126 valence electrons. The summed E-state index contributed by atoms with van der Waals surface area (Å²) in [6, 6.07) is 9.32. The molecule has 2 aromatic rings. The van der Waals surface area contributed by atoms with E-state index in [2.05, 4.69) is 10.5 Å². The molecule has 0 bridgehead atoms. The molecule has 0 unspecified atom stereocenters. The van der Waals surface area contributed by atoms with Gasteiger partial charge in [-0.25, -0.2) is 5.43 Å². The van der Waals surface area contributed by atoms with Gasteiger partial charge in [-0.2, -0.15) is 18.3 Å². The Labute approximate surface area is 146 Å². The molecule has 1 amide bonds. The van der Waals surface area contributed by atoms with Crippen molar-refractivity contribution >= 4 is 35.3 Å². The first-order valence-electron chi connectivity index (χ1n) is 6.69. The second-order valence-corrected chi connectivity index (χ2v) is 5.68. The first-order valence-corrected chi connectivity index (χ1v) is 7.44. The zero-order valence-electron chi connectivity index (χ0n) is 12.1. The highest BCUT2D eigenvalue weighted by Crippen LogP contribution is 2.29. The van der Waals surface area contributed by atoms with Gasteiger partial charge in [-0.1, -0.05) is 47.5 Å². The van der Waals surface area contributed by atoms with Crippen LogP contribution in [0.3, 0.4) is 0 Å². The topological polar surface area (TPSA) is 41.5 Å². The molecule has 0 aliphatic rings. The molecule has 0 heterocycles. The Hall–Kier alpha value is -2.05. The molecule has 0 aliphatic heterocycles. The number of hydrogen-bond donors (Lipinski definition) is 1. The molecule has 1 N–H and O–H groups in total. The van der Waals surface area contributed by atoms with Gasteiger partial charge in [0.2, 0.25) is 5.91 Å². The molecule has 24 heavy (non-hydrogen) atoms. The number of alkyl halides is 3. The summed E-state index contributed by atoms with van der Waals surface area (Å²) in [7, 11) is 0. The van der Waals surface area contributed by atoms with E-state index in [0.29, 0.717) is 15.6 Å². The second-order valence-electron chi connectivity index (χ2n) is 4.83. The Bertz CT molecular complexity index is 776. The Morgan fingerprint density at radius 2 is 1.92 bits per heavy atom. The van der Waals surface area contributed by atoms with Crippen LogP contribution in [0.4, 0.5) is 13.2 Å². The van der Waals surface area contributed by atoms with Crippen molar-refractivity contribution in [3.63, 3.8) is 0 Å². The highest BCUT2D eigenvalue weighted by molar-refractivity contribution is 6.36. The van der Waals surface area contributed by atoms with Gasteiger partial charge < -0.3 is 0 Å². The first-order chi connectivity index (χ1) is 11.3. The van der Waals surface area contributed by atoms with Crippen LogP contribution >= 0.6 is 23.2 Å². The molecule has 0 aromatic heterocycles. The van der Waals surface area contributed by atoms with Crippen LogP contribution in [0.1, 0.15) is 16.7 Å². The monoisotopic (exact) mass is 374 g/mol. The fourth-order valence-corrected chi connectivity index (χ4v) is 2.32. The van der Waals surface area contributed by atoms with Crippen LogP contribution in [0, 0.1) is 0 Å².